The summed E-state index contributed by atoms with van der Waals surface area (Å²) in [5.41, 5.74) is 4.47. The van der Waals surface area contributed by atoms with Crippen LogP contribution in [0.2, 0.25) is 0 Å². The molecule has 18 heavy (non-hydrogen) atoms. The van der Waals surface area contributed by atoms with E-state index in [-0.39, 0.29) is 12.5 Å². The number of amides is 1. The van der Waals surface area contributed by atoms with Crippen LogP contribution >= 0.6 is 0 Å². The van der Waals surface area contributed by atoms with Crippen molar-refractivity contribution in [1.29, 1.82) is 0 Å². The Morgan fingerprint density at radius 1 is 1.44 bits per heavy atom. The van der Waals surface area contributed by atoms with Gasteiger partial charge in [-0.1, -0.05) is 18.2 Å². The van der Waals surface area contributed by atoms with E-state index in [1.165, 1.54) is 11.1 Å². The van der Waals surface area contributed by atoms with Gasteiger partial charge in [0.25, 0.3) is 0 Å². The second-order valence-corrected chi connectivity index (χ2v) is 4.67. The van der Waals surface area contributed by atoms with Gasteiger partial charge in [-0.2, -0.15) is 0 Å². The summed E-state index contributed by atoms with van der Waals surface area (Å²) in [5.74, 6) is 0.0987. The van der Waals surface area contributed by atoms with Gasteiger partial charge < -0.3 is 10.4 Å². The number of benzene rings is 1. The Hall–Kier alpha value is -1.61. The van der Waals surface area contributed by atoms with Crippen LogP contribution in [-0.2, 0) is 11.2 Å². The average Bonchev–Trinajstić information content (AvgIpc) is 2.38. The molecule has 1 aliphatic heterocycles. The first kappa shape index (κ1) is 12.8. The Labute approximate surface area is 108 Å². The quantitative estimate of drug-likeness (QED) is 0.801. The zero-order valence-corrected chi connectivity index (χ0v) is 10.7. The van der Waals surface area contributed by atoms with Crippen molar-refractivity contribution in [3.05, 3.63) is 35.4 Å². The molecule has 3 heteroatoms. The van der Waals surface area contributed by atoms with Crippen molar-refractivity contribution in [1.82, 2.24) is 0 Å². The van der Waals surface area contributed by atoms with E-state index in [4.69, 9.17) is 5.11 Å². The molecule has 0 spiro atoms. The predicted octanol–water partition coefficient (Wildman–Crippen LogP) is 2.75. The Kier molecular flexibility index (Phi) is 4.15. The molecular formula is C15H19NO2. The van der Waals surface area contributed by atoms with Gasteiger partial charge in [0.15, 0.2) is 0 Å². The van der Waals surface area contributed by atoms with Crippen molar-refractivity contribution < 1.29 is 9.90 Å². The maximum Gasteiger partial charge on any atom is 0.224 e. The molecule has 2 N–H and O–H groups in total. The van der Waals surface area contributed by atoms with Gasteiger partial charge in [0, 0.05) is 18.7 Å². The first-order valence-corrected chi connectivity index (χ1v) is 6.41. The molecule has 1 aromatic carbocycles. The van der Waals surface area contributed by atoms with Crippen molar-refractivity contribution in [2.24, 2.45) is 0 Å². The van der Waals surface area contributed by atoms with E-state index in [0.717, 1.165) is 30.5 Å². The number of allylic oxidation sites excluding steroid dienone is 2. The zero-order chi connectivity index (χ0) is 13.0. The Balaban J connectivity index is 2.17. The van der Waals surface area contributed by atoms with Crippen LogP contribution in [-0.4, -0.2) is 17.6 Å². The highest BCUT2D eigenvalue weighted by Crippen LogP contribution is 2.26. The summed E-state index contributed by atoms with van der Waals surface area (Å²) in [6.45, 7) is 2.29. The number of unbranched alkanes of at least 4 members (excludes halogenated alkanes) is 1. The molecule has 0 atom stereocenters. The molecule has 0 bridgehead atoms. The number of anilines is 1. The third kappa shape index (κ3) is 2.99. The van der Waals surface area contributed by atoms with Gasteiger partial charge in [0.05, 0.1) is 0 Å². The lowest BCUT2D eigenvalue weighted by molar-refractivity contribution is -0.116. The van der Waals surface area contributed by atoms with Crippen LogP contribution in [0.4, 0.5) is 5.69 Å². The van der Waals surface area contributed by atoms with Gasteiger partial charge in [0.1, 0.15) is 0 Å². The number of nitrogens with one attached hydrogen (secondary N) is 1. The summed E-state index contributed by atoms with van der Waals surface area (Å²) in [6.07, 6.45) is 5.21. The van der Waals surface area contributed by atoms with Crippen molar-refractivity contribution in [3.8, 4) is 0 Å². The summed E-state index contributed by atoms with van der Waals surface area (Å²) in [7, 11) is 0. The smallest absolute Gasteiger partial charge is 0.224 e. The molecule has 1 heterocycles. The van der Waals surface area contributed by atoms with E-state index in [9.17, 15) is 4.79 Å². The molecule has 1 aromatic rings. The van der Waals surface area contributed by atoms with Crippen molar-refractivity contribution >= 4 is 17.2 Å². The minimum absolute atomic E-state index is 0.0987. The van der Waals surface area contributed by atoms with Crippen LogP contribution < -0.4 is 5.32 Å². The first-order valence-electron chi connectivity index (χ1n) is 6.41. The van der Waals surface area contributed by atoms with E-state index >= 15 is 0 Å². The fourth-order valence-corrected chi connectivity index (χ4v) is 2.14. The fourth-order valence-electron chi connectivity index (χ4n) is 2.14. The lowest BCUT2D eigenvalue weighted by Gasteiger charge is -2.17. The summed E-state index contributed by atoms with van der Waals surface area (Å²) in [5, 5.41) is 11.7. The zero-order valence-electron chi connectivity index (χ0n) is 10.7. The van der Waals surface area contributed by atoms with Crippen molar-refractivity contribution in [2.75, 3.05) is 11.9 Å². The molecule has 0 saturated carbocycles. The second kappa shape index (κ2) is 5.83. The van der Waals surface area contributed by atoms with Crippen LogP contribution in [0.25, 0.3) is 5.57 Å². The van der Waals surface area contributed by atoms with Crippen LogP contribution in [0.1, 0.15) is 37.3 Å². The van der Waals surface area contributed by atoms with Gasteiger partial charge in [-0.15, -0.1) is 0 Å². The third-order valence-corrected chi connectivity index (χ3v) is 3.27. The fraction of sp³-hybridized carbons (Fsp3) is 0.400. The number of fused-ring (bicyclic) bond motifs is 1. The SMILES string of the molecule is C/C(=C\CCCO)c1ccc2c(c1)NC(=O)CC2. The van der Waals surface area contributed by atoms with Gasteiger partial charge in [-0.3, -0.25) is 4.79 Å². The summed E-state index contributed by atoms with van der Waals surface area (Å²) in [4.78, 5) is 11.4. The van der Waals surface area contributed by atoms with Crippen molar-refractivity contribution in [2.45, 2.75) is 32.6 Å². The number of hydrogen-bond donors (Lipinski definition) is 2. The number of carbonyl (C=O) groups excluding carboxylic acids is 1. The number of aliphatic hydroxyl groups is 1. The average molecular weight is 245 g/mol. The highest BCUT2D eigenvalue weighted by atomic mass is 16.2. The highest BCUT2D eigenvalue weighted by molar-refractivity contribution is 5.94. The Bertz CT molecular complexity index is 477. The highest BCUT2D eigenvalue weighted by Gasteiger charge is 2.14. The molecule has 96 valence electrons. The number of hydrogen-bond acceptors (Lipinski definition) is 2. The molecule has 2 rings (SSSR count). The number of aryl methyl sites for hydroxylation is 1. The van der Waals surface area contributed by atoms with E-state index in [1.54, 1.807) is 0 Å². The maximum atomic E-state index is 11.4. The second-order valence-electron chi connectivity index (χ2n) is 4.67. The van der Waals surface area contributed by atoms with Crippen LogP contribution in [0, 0.1) is 0 Å². The molecule has 0 radical (unpaired) electrons. The minimum Gasteiger partial charge on any atom is -0.396 e. The molecule has 0 aromatic heterocycles. The van der Waals surface area contributed by atoms with Gasteiger partial charge in [0.2, 0.25) is 5.91 Å². The number of carbonyl (C=O) groups is 1. The van der Waals surface area contributed by atoms with Gasteiger partial charge >= 0.3 is 0 Å². The molecule has 0 saturated heterocycles. The predicted molar refractivity (Wildman–Crippen MR) is 73.4 cm³/mol. The van der Waals surface area contributed by atoms with Crippen LogP contribution in [0.5, 0.6) is 0 Å². The van der Waals surface area contributed by atoms with E-state index in [2.05, 4.69) is 30.4 Å². The van der Waals surface area contributed by atoms with E-state index < -0.39 is 0 Å². The minimum atomic E-state index is 0.0987. The number of rotatable bonds is 4. The lowest BCUT2D eigenvalue weighted by atomic mass is 9.97. The molecule has 0 fully saturated rings. The Morgan fingerprint density at radius 2 is 2.28 bits per heavy atom. The summed E-state index contributed by atoms with van der Waals surface area (Å²) in [6, 6.07) is 6.23. The monoisotopic (exact) mass is 245 g/mol. The largest absolute Gasteiger partial charge is 0.396 e. The Morgan fingerprint density at radius 3 is 3.06 bits per heavy atom. The van der Waals surface area contributed by atoms with Gasteiger partial charge in [-0.25, -0.2) is 0 Å². The van der Waals surface area contributed by atoms with Crippen LogP contribution in [0.15, 0.2) is 24.3 Å². The molecule has 0 aliphatic carbocycles. The normalized spacial score (nSPS) is 15.2. The molecule has 0 unspecified atom stereocenters. The molecule has 1 aliphatic rings. The molecular weight excluding hydrogens is 226 g/mol. The van der Waals surface area contributed by atoms with Crippen LogP contribution in [0.3, 0.4) is 0 Å². The van der Waals surface area contributed by atoms with Gasteiger partial charge in [-0.05, 0) is 49.0 Å². The van der Waals surface area contributed by atoms with E-state index in [1.807, 2.05) is 6.07 Å². The standard InChI is InChI=1S/C15H19NO2/c1-11(4-2-3-9-17)13-6-5-12-7-8-15(18)16-14(12)10-13/h4-6,10,17H,2-3,7-9H2,1H3,(H,16,18)/b11-4+. The lowest BCUT2D eigenvalue weighted by Crippen LogP contribution is -2.18. The van der Waals surface area contributed by atoms with Crippen molar-refractivity contribution in [3.63, 3.8) is 0 Å². The molecule has 3 nitrogen and oxygen atoms in total. The summed E-state index contributed by atoms with van der Waals surface area (Å²) >= 11 is 0. The van der Waals surface area contributed by atoms with E-state index in [0.29, 0.717) is 6.42 Å². The summed E-state index contributed by atoms with van der Waals surface area (Å²) < 4.78 is 0. The number of aliphatic hydroxyl groups excluding tert-OH is 1. The first-order chi connectivity index (χ1) is 8.70. The third-order valence-electron chi connectivity index (χ3n) is 3.27. The molecule has 1 amide bonds. The maximum absolute atomic E-state index is 11.4. The topological polar surface area (TPSA) is 49.3 Å².